The van der Waals surface area contributed by atoms with Gasteiger partial charge in [0.2, 0.25) is 11.8 Å². The van der Waals surface area contributed by atoms with Crippen LogP contribution >= 0.6 is 0 Å². The van der Waals surface area contributed by atoms with Crippen LogP contribution in [0.1, 0.15) is 71.1 Å². The highest BCUT2D eigenvalue weighted by Gasteiger charge is 2.43. The number of likely N-dealkylation sites (tertiary alicyclic amines) is 1. The van der Waals surface area contributed by atoms with Gasteiger partial charge in [-0.15, -0.1) is 0 Å². The minimum absolute atomic E-state index is 0.120. The number of methoxy groups -OCH3 is 1. The summed E-state index contributed by atoms with van der Waals surface area (Å²) in [6, 6.07) is 11.1. The second kappa shape index (κ2) is 21.8. The molecule has 5 atom stereocenters. The van der Waals surface area contributed by atoms with E-state index in [0.717, 1.165) is 51.9 Å². The average molecular weight is 958 g/mol. The summed E-state index contributed by atoms with van der Waals surface area (Å²) in [6.07, 6.45) is 6.12. The Morgan fingerprint density at radius 1 is 1.00 bits per heavy atom. The lowest BCUT2D eigenvalue weighted by atomic mass is 9.84. The number of hydrogen-bond acceptors (Lipinski definition) is 12. The van der Waals surface area contributed by atoms with E-state index in [-0.39, 0.29) is 37.4 Å². The quantitative estimate of drug-likeness (QED) is 0.180. The molecule has 372 valence electrons. The van der Waals surface area contributed by atoms with Gasteiger partial charge in [-0.3, -0.25) is 33.9 Å². The molecule has 0 radical (unpaired) electrons. The molecule has 70 heavy (non-hydrogen) atoms. The van der Waals surface area contributed by atoms with Crippen molar-refractivity contribution in [2.75, 3.05) is 73.2 Å². The van der Waals surface area contributed by atoms with E-state index in [1.807, 2.05) is 50.5 Å². The largest absolute Gasteiger partial charge is 0.464 e. The normalized spacial score (nSPS) is 22.5. The van der Waals surface area contributed by atoms with Gasteiger partial charge in [0, 0.05) is 87.7 Å². The molecule has 4 aliphatic heterocycles. The first-order valence-corrected chi connectivity index (χ1v) is 24.6. The van der Waals surface area contributed by atoms with Crippen molar-refractivity contribution in [1.29, 1.82) is 0 Å². The summed E-state index contributed by atoms with van der Waals surface area (Å²) in [5, 5.41) is 5.48. The van der Waals surface area contributed by atoms with Gasteiger partial charge in [-0.05, 0) is 84.9 Å². The van der Waals surface area contributed by atoms with Gasteiger partial charge in [-0.1, -0.05) is 57.9 Å². The molecule has 0 saturated carbocycles. The molecule has 3 saturated heterocycles. The number of nitrogens with one attached hydrogen (secondary N) is 2. The van der Waals surface area contributed by atoms with Gasteiger partial charge in [0.25, 0.3) is 11.8 Å². The molecular formula is C53H67N9O8. The van der Waals surface area contributed by atoms with Gasteiger partial charge >= 0.3 is 5.97 Å². The van der Waals surface area contributed by atoms with Crippen LogP contribution in [0, 0.1) is 29.1 Å². The van der Waals surface area contributed by atoms with Crippen molar-refractivity contribution in [3.63, 3.8) is 0 Å². The van der Waals surface area contributed by atoms with Gasteiger partial charge < -0.3 is 33.9 Å². The summed E-state index contributed by atoms with van der Waals surface area (Å²) in [5.41, 5.74) is 9.10. The smallest absolute Gasteiger partial charge is 0.324 e. The van der Waals surface area contributed by atoms with Crippen molar-refractivity contribution in [3.05, 3.63) is 72.3 Å². The zero-order valence-corrected chi connectivity index (χ0v) is 41.5. The van der Waals surface area contributed by atoms with E-state index in [1.54, 1.807) is 11.9 Å². The number of carbonyl (C=O) groups excluding carboxylic acids is 5. The van der Waals surface area contributed by atoms with Crippen LogP contribution in [0.2, 0.25) is 0 Å². The summed E-state index contributed by atoms with van der Waals surface area (Å²) in [4.78, 5) is 85.0. The first-order chi connectivity index (χ1) is 33.7. The standard InChI is InChI=1S/C53H67N9O8/c1-8-61-43-17-16-36-27-40(43)41(47(61)39-29-54-33-55-30-39)28-53(4,5)32-70-52(67)42-14-10-20-62(57-42)51(66)45(48(68-7)37-13-9-12-35(36)26-37)56-49(64)46(34(2)3)58(6)50(65)38-18-21-60(31-38)44(63)15-11-19-59-22-24-69-25-23-59/h9,12-13,16-17,26-27,29-30,33-34,38,42,45-46,48,57H,8,10,14,18-25,28,31-32H2,1-7H3,(H,56,64)/t38-,42-,45-,46-,48+/m0/s1. The van der Waals surface area contributed by atoms with Crippen molar-refractivity contribution in [2.24, 2.45) is 17.3 Å². The Hall–Kier alpha value is -6.19. The van der Waals surface area contributed by atoms with Crippen LogP contribution in [0.3, 0.4) is 0 Å². The molecule has 4 amide bonds. The van der Waals surface area contributed by atoms with Crippen LogP contribution in [0.25, 0.3) is 33.3 Å². The van der Waals surface area contributed by atoms with Gasteiger partial charge in [-0.2, -0.15) is 0 Å². The third-order valence-electron chi connectivity index (χ3n) is 14.1. The van der Waals surface area contributed by atoms with E-state index in [0.29, 0.717) is 64.1 Å². The Kier molecular flexibility index (Phi) is 15.7. The maximum absolute atomic E-state index is 15.0. The molecular weight excluding hydrogens is 891 g/mol. The number of carbonyl (C=O) groups is 5. The van der Waals surface area contributed by atoms with Gasteiger partial charge in [-0.25, -0.2) is 15.4 Å². The number of amides is 4. The molecule has 0 spiro atoms. The van der Waals surface area contributed by atoms with E-state index in [9.17, 15) is 19.2 Å². The number of likely N-dealkylation sites (N-methyl/N-ethyl adjacent to an activating group) is 1. The minimum atomic E-state index is -1.29. The Balaban J connectivity index is 1.11. The van der Waals surface area contributed by atoms with Crippen molar-refractivity contribution in [3.8, 4) is 34.2 Å². The van der Waals surface area contributed by atoms with E-state index < -0.39 is 53.3 Å². The Labute approximate surface area is 410 Å². The second-order valence-corrected chi connectivity index (χ2v) is 20.0. The Morgan fingerprint density at radius 3 is 2.49 bits per heavy atom. The SMILES string of the molecule is CCn1c(-c2cncnc2)c2c3cc(ccc31)-c1cccc(c1)[C@@H](OC)[C@H](NC(=O)[C@H](C(C)C)N(C)C(=O)[C@H]1CCN(C(=O)C#CCN3CCOCC3)C1)C(=O)N1CCC[C@H](N1)C(=O)OCC(C)(C)C2. The zero-order valence-electron chi connectivity index (χ0n) is 41.5. The number of aromatic nitrogens is 3. The maximum atomic E-state index is 15.0. The molecule has 2 aromatic heterocycles. The van der Waals surface area contributed by atoms with Crippen LogP contribution in [-0.4, -0.2) is 155 Å². The van der Waals surface area contributed by atoms with E-state index in [1.165, 1.54) is 23.3 Å². The summed E-state index contributed by atoms with van der Waals surface area (Å²) in [5.74, 6) is 2.67. The number of benzene rings is 2. The summed E-state index contributed by atoms with van der Waals surface area (Å²) >= 11 is 0. The maximum Gasteiger partial charge on any atom is 0.324 e. The summed E-state index contributed by atoms with van der Waals surface area (Å²) in [6.45, 7) is 14.9. The van der Waals surface area contributed by atoms with E-state index in [2.05, 4.69) is 81.0 Å². The number of esters is 1. The van der Waals surface area contributed by atoms with Crippen molar-refractivity contribution in [2.45, 2.75) is 91.1 Å². The highest BCUT2D eigenvalue weighted by molar-refractivity contribution is 5.97. The molecule has 2 aromatic carbocycles. The number of fused-ring (bicyclic) bond motifs is 6. The van der Waals surface area contributed by atoms with Crippen LogP contribution in [0.15, 0.2) is 61.2 Å². The molecule has 8 rings (SSSR count). The number of rotatable bonds is 9. The highest BCUT2D eigenvalue weighted by atomic mass is 16.5. The molecule has 2 N–H and O–H groups in total. The third kappa shape index (κ3) is 10.9. The average Bonchev–Trinajstić information content (AvgIpc) is 3.98. The van der Waals surface area contributed by atoms with Crippen LogP contribution in [-0.2, 0) is 51.1 Å². The number of morpholine rings is 1. The predicted molar refractivity (Wildman–Crippen MR) is 263 cm³/mol. The summed E-state index contributed by atoms with van der Waals surface area (Å²) in [7, 11) is 3.09. The molecule has 17 heteroatoms. The number of nitrogens with zero attached hydrogens (tertiary/aromatic N) is 7. The summed E-state index contributed by atoms with van der Waals surface area (Å²) < 4.78 is 20.0. The fourth-order valence-electron chi connectivity index (χ4n) is 10.5. The van der Waals surface area contributed by atoms with E-state index >= 15 is 4.79 Å². The van der Waals surface area contributed by atoms with Crippen LogP contribution < -0.4 is 10.7 Å². The highest BCUT2D eigenvalue weighted by Crippen LogP contribution is 2.40. The monoisotopic (exact) mass is 958 g/mol. The van der Waals surface area contributed by atoms with Crippen molar-refractivity contribution >= 4 is 40.5 Å². The first kappa shape index (κ1) is 50.2. The lowest BCUT2D eigenvalue weighted by Gasteiger charge is -2.38. The number of ether oxygens (including phenoxy) is 3. The van der Waals surface area contributed by atoms with Gasteiger partial charge in [0.15, 0.2) is 0 Å². The second-order valence-electron chi connectivity index (χ2n) is 20.0. The number of cyclic esters (lactones) is 1. The molecule has 17 nitrogen and oxygen atoms in total. The van der Waals surface area contributed by atoms with Crippen molar-refractivity contribution < 1.29 is 38.2 Å². The van der Waals surface area contributed by atoms with Gasteiger partial charge in [0.1, 0.15) is 30.6 Å². The Bertz CT molecular complexity index is 2630. The topological polar surface area (TPSA) is 181 Å². The molecule has 3 fully saturated rings. The van der Waals surface area contributed by atoms with Crippen LogP contribution in [0.5, 0.6) is 0 Å². The van der Waals surface area contributed by atoms with Crippen molar-refractivity contribution in [1.82, 2.24) is 45.0 Å². The Morgan fingerprint density at radius 2 is 1.76 bits per heavy atom. The fraction of sp³-hybridized carbons (Fsp3) is 0.528. The first-order valence-electron chi connectivity index (χ1n) is 24.6. The lowest BCUT2D eigenvalue weighted by molar-refractivity contribution is -0.157. The molecule has 0 aliphatic carbocycles. The number of aryl methyl sites for hydroxylation is 1. The van der Waals surface area contributed by atoms with Gasteiger partial charge in [0.05, 0.1) is 38.0 Å². The molecule has 4 aliphatic rings. The molecule has 4 aromatic rings. The number of hydrazine groups is 1. The third-order valence-corrected chi connectivity index (χ3v) is 14.1. The molecule has 6 heterocycles. The van der Waals surface area contributed by atoms with E-state index in [4.69, 9.17) is 14.2 Å². The predicted octanol–water partition coefficient (Wildman–Crippen LogP) is 4.25. The van der Waals surface area contributed by atoms with Crippen LogP contribution in [0.4, 0.5) is 0 Å². The fourth-order valence-corrected chi connectivity index (χ4v) is 10.5. The molecule has 0 unspecified atom stereocenters. The number of hydrogen-bond donors (Lipinski definition) is 2. The lowest BCUT2D eigenvalue weighted by Crippen LogP contribution is -2.63. The minimum Gasteiger partial charge on any atom is -0.464 e. The zero-order chi connectivity index (χ0) is 49.7. The molecule has 6 bridgehead atoms.